The Labute approximate surface area is 142 Å². The Balaban J connectivity index is 0.00000264. The molecule has 0 bridgehead atoms. The minimum absolute atomic E-state index is 0. The third-order valence-electron chi connectivity index (χ3n) is 3.56. The lowest BCUT2D eigenvalue weighted by molar-refractivity contribution is -0.128. The SMILES string of the molecule is Cl.NCCCC(=O)NC1CC(=O)N(CCOc2ccccc2)C1. The molecule has 1 heterocycles. The standard InChI is InChI=1S/C16H23N3O3.ClH/c17-8-4-7-15(20)18-13-11-16(21)19(12-13)9-10-22-14-5-2-1-3-6-14;/h1-3,5-6,13H,4,7-12,17H2,(H,18,20);1H. The van der Waals surface area contributed by atoms with Gasteiger partial charge in [-0.1, -0.05) is 18.2 Å². The van der Waals surface area contributed by atoms with Gasteiger partial charge in [-0.3, -0.25) is 9.59 Å². The van der Waals surface area contributed by atoms with Crippen LogP contribution in [0.2, 0.25) is 0 Å². The summed E-state index contributed by atoms with van der Waals surface area (Å²) in [7, 11) is 0. The summed E-state index contributed by atoms with van der Waals surface area (Å²) < 4.78 is 5.59. The predicted molar refractivity (Wildman–Crippen MR) is 90.6 cm³/mol. The van der Waals surface area contributed by atoms with Crippen molar-refractivity contribution in [3.63, 3.8) is 0 Å². The number of rotatable bonds is 8. The van der Waals surface area contributed by atoms with Crippen molar-refractivity contribution in [1.82, 2.24) is 10.2 Å². The van der Waals surface area contributed by atoms with Gasteiger partial charge in [-0.15, -0.1) is 12.4 Å². The normalized spacial score (nSPS) is 16.8. The maximum absolute atomic E-state index is 11.9. The van der Waals surface area contributed by atoms with E-state index in [2.05, 4.69) is 5.32 Å². The molecule has 0 aromatic heterocycles. The highest BCUT2D eigenvalue weighted by Gasteiger charge is 2.30. The summed E-state index contributed by atoms with van der Waals surface area (Å²) in [6.07, 6.45) is 1.44. The summed E-state index contributed by atoms with van der Waals surface area (Å²) in [6, 6.07) is 9.40. The first-order chi connectivity index (χ1) is 10.7. The van der Waals surface area contributed by atoms with Crippen LogP contribution in [0.15, 0.2) is 30.3 Å². The third-order valence-corrected chi connectivity index (χ3v) is 3.56. The van der Waals surface area contributed by atoms with Gasteiger partial charge in [0.15, 0.2) is 0 Å². The summed E-state index contributed by atoms with van der Waals surface area (Å²) in [5, 5.41) is 2.88. The molecule has 1 saturated heterocycles. The van der Waals surface area contributed by atoms with E-state index in [1.807, 2.05) is 30.3 Å². The Morgan fingerprint density at radius 3 is 2.78 bits per heavy atom. The Morgan fingerprint density at radius 2 is 2.09 bits per heavy atom. The number of hydrogen-bond donors (Lipinski definition) is 2. The molecule has 3 N–H and O–H groups in total. The average molecular weight is 342 g/mol. The summed E-state index contributed by atoms with van der Waals surface area (Å²) in [5.74, 6) is 0.812. The molecule has 0 radical (unpaired) electrons. The van der Waals surface area contributed by atoms with Gasteiger partial charge in [0.2, 0.25) is 11.8 Å². The Kier molecular flexibility index (Phi) is 8.43. The second kappa shape index (κ2) is 10.1. The minimum Gasteiger partial charge on any atom is -0.492 e. The van der Waals surface area contributed by atoms with Gasteiger partial charge in [0, 0.05) is 19.4 Å². The smallest absolute Gasteiger partial charge is 0.224 e. The van der Waals surface area contributed by atoms with Crippen molar-refractivity contribution in [2.75, 3.05) is 26.2 Å². The molecule has 1 aliphatic heterocycles. The highest BCUT2D eigenvalue weighted by molar-refractivity contribution is 5.85. The van der Waals surface area contributed by atoms with Gasteiger partial charge in [-0.2, -0.15) is 0 Å². The molecule has 0 saturated carbocycles. The molecule has 2 amide bonds. The number of para-hydroxylation sites is 1. The van der Waals surface area contributed by atoms with Gasteiger partial charge in [-0.25, -0.2) is 0 Å². The van der Waals surface area contributed by atoms with Gasteiger partial charge in [0.05, 0.1) is 12.6 Å². The van der Waals surface area contributed by atoms with Crippen LogP contribution >= 0.6 is 12.4 Å². The van der Waals surface area contributed by atoms with E-state index in [4.69, 9.17) is 10.5 Å². The molecule has 1 aromatic rings. The molecule has 0 aliphatic carbocycles. The highest BCUT2D eigenvalue weighted by Crippen LogP contribution is 2.12. The molecule has 6 nitrogen and oxygen atoms in total. The van der Waals surface area contributed by atoms with Crippen LogP contribution < -0.4 is 15.8 Å². The van der Waals surface area contributed by atoms with Crippen LogP contribution in [0.5, 0.6) is 5.75 Å². The average Bonchev–Trinajstić information content (AvgIpc) is 2.86. The molecule has 1 aliphatic rings. The summed E-state index contributed by atoms with van der Waals surface area (Å²) in [4.78, 5) is 25.3. The van der Waals surface area contributed by atoms with Crippen molar-refractivity contribution >= 4 is 24.2 Å². The third kappa shape index (κ3) is 6.46. The zero-order valence-corrected chi connectivity index (χ0v) is 13.9. The maximum Gasteiger partial charge on any atom is 0.224 e. The van der Waals surface area contributed by atoms with Gasteiger partial charge in [0.25, 0.3) is 0 Å². The lowest BCUT2D eigenvalue weighted by atomic mass is 10.2. The first-order valence-corrected chi connectivity index (χ1v) is 7.64. The van der Waals surface area contributed by atoms with E-state index in [0.29, 0.717) is 45.5 Å². The molecule has 128 valence electrons. The monoisotopic (exact) mass is 341 g/mol. The van der Waals surface area contributed by atoms with E-state index >= 15 is 0 Å². The Morgan fingerprint density at radius 1 is 1.35 bits per heavy atom. The summed E-state index contributed by atoms with van der Waals surface area (Å²) in [6.45, 7) is 2.03. The van der Waals surface area contributed by atoms with E-state index in [-0.39, 0.29) is 30.3 Å². The van der Waals surface area contributed by atoms with Crippen molar-refractivity contribution in [1.29, 1.82) is 0 Å². The van der Waals surface area contributed by atoms with Crippen molar-refractivity contribution in [2.45, 2.75) is 25.3 Å². The number of amides is 2. The molecule has 7 heteroatoms. The first-order valence-electron chi connectivity index (χ1n) is 7.64. The fourth-order valence-electron chi connectivity index (χ4n) is 2.44. The van der Waals surface area contributed by atoms with Gasteiger partial charge in [0.1, 0.15) is 12.4 Å². The number of halogens is 1. The molecule has 2 rings (SSSR count). The second-order valence-electron chi connectivity index (χ2n) is 5.36. The van der Waals surface area contributed by atoms with Gasteiger partial charge in [-0.05, 0) is 25.1 Å². The second-order valence-corrected chi connectivity index (χ2v) is 5.36. The van der Waals surface area contributed by atoms with Crippen molar-refractivity contribution in [3.8, 4) is 5.75 Å². The fraction of sp³-hybridized carbons (Fsp3) is 0.500. The summed E-state index contributed by atoms with van der Waals surface area (Å²) in [5.41, 5.74) is 5.38. The number of hydrogen-bond acceptors (Lipinski definition) is 4. The summed E-state index contributed by atoms with van der Waals surface area (Å²) >= 11 is 0. The number of carbonyl (C=O) groups excluding carboxylic acids is 2. The van der Waals surface area contributed by atoms with Crippen molar-refractivity contribution in [3.05, 3.63) is 30.3 Å². The minimum atomic E-state index is -0.102. The lowest BCUT2D eigenvalue weighted by Crippen LogP contribution is -2.38. The topological polar surface area (TPSA) is 84.7 Å². The first kappa shape index (κ1) is 19.3. The van der Waals surface area contributed by atoms with Crippen molar-refractivity contribution in [2.24, 2.45) is 5.73 Å². The van der Waals surface area contributed by atoms with Crippen LogP contribution in [0.1, 0.15) is 19.3 Å². The van der Waals surface area contributed by atoms with Crippen LogP contribution in [0.3, 0.4) is 0 Å². The molecule has 1 unspecified atom stereocenters. The van der Waals surface area contributed by atoms with Crippen molar-refractivity contribution < 1.29 is 14.3 Å². The van der Waals surface area contributed by atoms with E-state index < -0.39 is 0 Å². The number of carbonyl (C=O) groups is 2. The highest BCUT2D eigenvalue weighted by atomic mass is 35.5. The zero-order chi connectivity index (χ0) is 15.8. The molecular formula is C16H24ClN3O3. The van der Waals surface area contributed by atoms with Crippen LogP contribution in [0.25, 0.3) is 0 Å². The van der Waals surface area contributed by atoms with E-state index in [1.54, 1.807) is 4.90 Å². The molecule has 0 spiro atoms. The van der Waals surface area contributed by atoms with E-state index in [9.17, 15) is 9.59 Å². The molecule has 23 heavy (non-hydrogen) atoms. The Bertz CT molecular complexity index is 499. The maximum atomic E-state index is 11.9. The van der Waals surface area contributed by atoms with Gasteiger partial charge >= 0.3 is 0 Å². The number of nitrogens with zero attached hydrogens (tertiary/aromatic N) is 1. The quantitative estimate of drug-likeness (QED) is 0.737. The number of nitrogens with one attached hydrogen (secondary N) is 1. The predicted octanol–water partition coefficient (Wildman–Crippen LogP) is 0.943. The molecule has 1 fully saturated rings. The fourth-order valence-corrected chi connectivity index (χ4v) is 2.44. The molecular weight excluding hydrogens is 318 g/mol. The van der Waals surface area contributed by atoms with Gasteiger partial charge < -0.3 is 20.7 Å². The van der Waals surface area contributed by atoms with Crippen LogP contribution in [0.4, 0.5) is 0 Å². The number of benzene rings is 1. The Hall–Kier alpha value is -1.79. The van der Waals surface area contributed by atoms with Crippen LogP contribution in [-0.4, -0.2) is 49.0 Å². The van der Waals surface area contributed by atoms with Crippen LogP contribution in [-0.2, 0) is 9.59 Å². The van der Waals surface area contributed by atoms with Crippen LogP contribution in [0, 0.1) is 0 Å². The van der Waals surface area contributed by atoms with E-state index in [1.165, 1.54) is 0 Å². The van der Waals surface area contributed by atoms with E-state index in [0.717, 1.165) is 5.75 Å². The molecule has 1 aromatic carbocycles. The number of likely N-dealkylation sites (tertiary alicyclic amines) is 1. The lowest BCUT2D eigenvalue weighted by Gasteiger charge is -2.17. The largest absolute Gasteiger partial charge is 0.492 e. The zero-order valence-electron chi connectivity index (χ0n) is 13.1. The molecule has 1 atom stereocenters. The number of nitrogens with two attached hydrogens (primary N) is 1. The number of ether oxygens (including phenoxy) is 1.